The van der Waals surface area contributed by atoms with Gasteiger partial charge in [-0.25, -0.2) is 9.37 Å². The van der Waals surface area contributed by atoms with Crippen molar-refractivity contribution in [3.05, 3.63) is 54.0 Å². The summed E-state index contributed by atoms with van der Waals surface area (Å²) in [6, 6.07) is 11.8. The van der Waals surface area contributed by atoms with Crippen molar-refractivity contribution in [1.29, 1.82) is 0 Å². The number of pyridine rings is 1. The Hall–Kier alpha value is -2.63. The van der Waals surface area contributed by atoms with Crippen molar-refractivity contribution in [3.63, 3.8) is 0 Å². The normalized spacial score (nSPS) is 15.0. The summed E-state index contributed by atoms with van der Waals surface area (Å²) in [5, 5.41) is 0. The van der Waals surface area contributed by atoms with Crippen molar-refractivity contribution >= 4 is 17.4 Å². The SMILES string of the molecule is NC(=O)c1cccc(N2CCN(c3ccc(F)cc3)CC2)n1. The van der Waals surface area contributed by atoms with E-state index in [9.17, 15) is 9.18 Å². The maximum absolute atomic E-state index is 13.0. The first-order valence-electron chi connectivity index (χ1n) is 7.16. The number of nitrogens with zero attached hydrogens (tertiary/aromatic N) is 3. The second kappa shape index (κ2) is 6.01. The Balaban J connectivity index is 1.67. The minimum absolute atomic E-state index is 0.227. The van der Waals surface area contributed by atoms with E-state index in [-0.39, 0.29) is 11.5 Å². The number of primary amides is 1. The molecule has 0 aliphatic carbocycles. The average Bonchev–Trinajstić information content (AvgIpc) is 2.56. The van der Waals surface area contributed by atoms with Gasteiger partial charge in [0, 0.05) is 31.9 Å². The van der Waals surface area contributed by atoms with Crippen LogP contribution in [0.4, 0.5) is 15.9 Å². The van der Waals surface area contributed by atoms with Crippen LogP contribution >= 0.6 is 0 Å². The maximum atomic E-state index is 13.0. The quantitative estimate of drug-likeness (QED) is 0.936. The van der Waals surface area contributed by atoms with Gasteiger partial charge in [-0.3, -0.25) is 4.79 Å². The summed E-state index contributed by atoms with van der Waals surface area (Å²) >= 11 is 0. The fourth-order valence-corrected chi connectivity index (χ4v) is 2.58. The molecule has 0 spiro atoms. The predicted molar refractivity (Wildman–Crippen MR) is 83.6 cm³/mol. The molecule has 22 heavy (non-hydrogen) atoms. The maximum Gasteiger partial charge on any atom is 0.267 e. The molecule has 0 radical (unpaired) electrons. The smallest absolute Gasteiger partial charge is 0.267 e. The Bertz CT molecular complexity index is 666. The molecule has 0 unspecified atom stereocenters. The molecule has 2 heterocycles. The van der Waals surface area contributed by atoms with Crippen LogP contribution in [0.3, 0.4) is 0 Å². The van der Waals surface area contributed by atoms with Gasteiger partial charge >= 0.3 is 0 Å². The van der Waals surface area contributed by atoms with Gasteiger partial charge in [-0.2, -0.15) is 0 Å². The lowest BCUT2D eigenvalue weighted by Gasteiger charge is -2.36. The minimum atomic E-state index is -0.521. The number of benzene rings is 1. The second-order valence-electron chi connectivity index (χ2n) is 5.20. The lowest BCUT2D eigenvalue weighted by atomic mass is 10.2. The van der Waals surface area contributed by atoms with Crippen LogP contribution in [0, 0.1) is 5.82 Å². The molecule has 2 aromatic rings. The van der Waals surface area contributed by atoms with Crippen LogP contribution in [-0.2, 0) is 0 Å². The largest absolute Gasteiger partial charge is 0.368 e. The number of carbonyl (C=O) groups is 1. The summed E-state index contributed by atoms with van der Waals surface area (Å²) in [6.07, 6.45) is 0. The van der Waals surface area contributed by atoms with Crippen molar-refractivity contribution in [2.45, 2.75) is 0 Å². The van der Waals surface area contributed by atoms with E-state index in [2.05, 4.69) is 14.8 Å². The fourth-order valence-electron chi connectivity index (χ4n) is 2.58. The Labute approximate surface area is 128 Å². The second-order valence-corrected chi connectivity index (χ2v) is 5.20. The summed E-state index contributed by atoms with van der Waals surface area (Å²) < 4.78 is 13.0. The molecule has 2 N–H and O–H groups in total. The number of halogens is 1. The molecular formula is C16H17FN4O. The van der Waals surface area contributed by atoms with E-state index >= 15 is 0 Å². The third kappa shape index (κ3) is 3.00. The summed E-state index contributed by atoms with van der Waals surface area (Å²) in [4.78, 5) is 19.8. The van der Waals surface area contributed by atoms with Gasteiger partial charge in [0.25, 0.3) is 5.91 Å². The summed E-state index contributed by atoms with van der Waals surface area (Å²) in [5.74, 6) is 0.0108. The third-order valence-electron chi connectivity index (χ3n) is 3.78. The van der Waals surface area contributed by atoms with E-state index in [1.807, 2.05) is 6.07 Å². The fraction of sp³-hybridized carbons (Fsp3) is 0.250. The Morgan fingerprint density at radius 2 is 1.64 bits per heavy atom. The van der Waals surface area contributed by atoms with Crippen LogP contribution in [0.5, 0.6) is 0 Å². The van der Waals surface area contributed by atoms with E-state index in [0.717, 1.165) is 37.7 Å². The van der Waals surface area contributed by atoms with E-state index in [1.165, 1.54) is 12.1 Å². The molecule has 1 fully saturated rings. The molecule has 1 amide bonds. The number of aromatic nitrogens is 1. The van der Waals surface area contributed by atoms with Crippen molar-refractivity contribution in [3.8, 4) is 0 Å². The highest BCUT2D eigenvalue weighted by molar-refractivity contribution is 5.91. The number of anilines is 2. The van der Waals surface area contributed by atoms with Crippen molar-refractivity contribution in [1.82, 2.24) is 4.98 Å². The average molecular weight is 300 g/mol. The Kier molecular flexibility index (Phi) is 3.91. The molecule has 1 aromatic heterocycles. The van der Waals surface area contributed by atoms with E-state index < -0.39 is 5.91 Å². The van der Waals surface area contributed by atoms with E-state index in [0.29, 0.717) is 0 Å². The molecule has 1 aliphatic heterocycles. The zero-order valence-corrected chi connectivity index (χ0v) is 12.1. The van der Waals surface area contributed by atoms with Gasteiger partial charge in [0.05, 0.1) is 0 Å². The lowest BCUT2D eigenvalue weighted by Crippen LogP contribution is -2.47. The molecule has 1 saturated heterocycles. The number of hydrogen-bond donors (Lipinski definition) is 1. The van der Waals surface area contributed by atoms with Gasteiger partial charge in [-0.05, 0) is 36.4 Å². The molecular weight excluding hydrogens is 283 g/mol. The zero-order chi connectivity index (χ0) is 15.5. The minimum Gasteiger partial charge on any atom is -0.368 e. The van der Waals surface area contributed by atoms with Crippen LogP contribution in [-0.4, -0.2) is 37.1 Å². The highest BCUT2D eigenvalue weighted by Gasteiger charge is 2.19. The van der Waals surface area contributed by atoms with Crippen LogP contribution in [0.1, 0.15) is 10.5 Å². The number of amides is 1. The highest BCUT2D eigenvalue weighted by atomic mass is 19.1. The highest BCUT2D eigenvalue weighted by Crippen LogP contribution is 2.19. The van der Waals surface area contributed by atoms with Gasteiger partial charge in [0.1, 0.15) is 17.3 Å². The van der Waals surface area contributed by atoms with Crippen molar-refractivity contribution in [2.24, 2.45) is 5.73 Å². The van der Waals surface area contributed by atoms with Crippen LogP contribution in [0.25, 0.3) is 0 Å². The molecule has 1 aliphatic rings. The third-order valence-corrected chi connectivity index (χ3v) is 3.78. The van der Waals surface area contributed by atoms with Crippen molar-refractivity contribution < 1.29 is 9.18 Å². The van der Waals surface area contributed by atoms with Crippen molar-refractivity contribution in [2.75, 3.05) is 36.0 Å². The lowest BCUT2D eigenvalue weighted by molar-refractivity contribution is 0.0995. The molecule has 0 bridgehead atoms. The summed E-state index contributed by atoms with van der Waals surface area (Å²) in [7, 11) is 0. The Morgan fingerprint density at radius 1 is 1.00 bits per heavy atom. The van der Waals surface area contributed by atoms with Gasteiger partial charge in [-0.1, -0.05) is 6.07 Å². The first kappa shape index (κ1) is 14.3. The van der Waals surface area contributed by atoms with Gasteiger partial charge in [0.15, 0.2) is 0 Å². The predicted octanol–water partition coefficient (Wildman–Crippen LogP) is 1.65. The van der Waals surface area contributed by atoms with E-state index in [4.69, 9.17) is 5.73 Å². The Morgan fingerprint density at radius 3 is 2.27 bits per heavy atom. The number of carbonyl (C=O) groups excluding carboxylic acids is 1. The van der Waals surface area contributed by atoms with E-state index in [1.54, 1.807) is 24.3 Å². The van der Waals surface area contributed by atoms with Gasteiger partial charge in [-0.15, -0.1) is 0 Å². The topological polar surface area (TPSA) is 62.5 Å². The van der Waals surface area contributed by atoms with Crippen LogP contribution < -0.4 is 15.5 Å². The standard InChI is InChI=1S/C16H17FN4O/c17-12-4-6-13(7-5-12)20-8-10-21(11-9-20)15-3-1-2-14(19-15)16(18)22/h1-7H,8-11H2,(H2,18,22). The zero-order valence-electron chi connectivity index (χ0n) is 12.1. The molecule has 114 valence electrons. The summed E-state index contributed by atoms with van der Waals surface area (Å²) in [5.41, 5.74) is 6.55. The number of rotatable bonds is 3. The van der Waals surface area contributed by atoms with Gasteiger partial charge < -0.3 is 15.5 Å². The molecule has 3 rings (SSSR count). The monoisotopic (exact) mass is 300 g/mol. The molecule has 1 aromatic carbocycles. The molecule has 0 atom stereocenters. The van der Waals surface area contributed by atoms with Crippen LogP contribution in [0.2, 0.25) is 0 Å². The molecule has 0 saturated carbocycles. The molecule has 5 nitrogen and oxygen atoms in total. The van der Waals surface area contributed by atoms with Gasteiger partial charge in [0.2, 0.25) is 0 Å². The number of piperazine rings is 1. The van der Waals surface area contributed by atoms with Crippen LogP contribution in [0.15, 0.2) is 42.5 Å². The molecule has 6 heteroatoms. The number of hydrogen-bond acceptors (Lipinski definition) is 4. The number of nitrogens with two attached hydrogens (primary N) is 1. The first-order chi connectivity index (χ1) is 10.6. The first-order valence-corrected chi connectivity index (χ1v) is 7.16. The summed E-state index contributed by atoms with van der Waals surface area (Å²) in [6.45, 7) is 3.20.